The molecule has 0 amide bonds. The highest BCUT2D eigenvalue weighted by Gasteiger charge is 2.07. The highest BCUT2D eigenvalue weighted by molar-refractivity contribution is 5.89. The average Bonchev–Trinajstić information content (AvgIpc) is 2.72. The number of nitrogens with zero attached hydrogens (tertiary/aromatic N) is 1. The van der Waals surface area contributed by atoms with Crippen LogP contribution in [-0.2, 0) is 6.61 Å². The molecule has 3 rings (SSSR count). The Morgan fingerprint density at radius 3 is 2.32 bits per heavy atom. The standard InChI is InChI=1S/C23H16FNO3/c24-22-4-2-1-3-21(22)19(14-25)13-16-7-11-20(12-8-16)28-15-17-5-9-18(10-6-17)23(26)27/h1-13H,15H2,(H,26,27). The fourth-order valence-electron chi connectivity index (χ4n) is 2.59. The lowest BCUT2D eigenvalue weighted by atomic mass is 10.0. The summed E-state index contributed by atoms with van der Waals surface area (Å²) in [5.74, 6) is -0.781. The minimum absolute atomic E-state index is 0.225. The molecule has 0 saturated carbocycles. The van der Waals surface area contributed by atoms with Crippen LogP contribution in [0, 0.1) is 17.1 Å². The van der Waals surface area contributed by atoms with Gasteiger partial charge in [0.1, 0.15) is 18.2 Å². The number of nitriles is 1. The molecule has 0 fully saturated rings. The lowest BCUT2D eigenvalue weighted by Crippen LogP contribution is -1.98. The number of halogens is 1. The Kier molecular flexibility index (Phi) is 5.83. The lowest BCUT2D eigenvalue weighted by molar-refractivity contribution is 0.0697. The molecular weight excluding hydrogens is 357 g/mol. The molecule has 0 heterocycles. The highest BCUT2D eigenvalue weighted by atomic mass is 19.1. The Bertz CT molecular complexity index is 1050. The van der Waals surface area contributed by atoms with Crippen LogP contribution in [0.5, 0.6) is 5.75 Å². The van der Waals surface area contributed by atoms with Crippen molar-refractivity contribution >= 4 is 17.6 Å². The summed E-state index contributed by atoms with van der Waals surface area (Å²) < 4.78 is 19.6. The first-order chi connectivity index (χ1) is 13.6. The topological polar surface area (TPSA) is 70.3 Å². The highest BCUT2D eigenvalue weighted by Crippen LogP contribution is 2.22. The summed E-state index contributed by atoms with van der Waals surface area (Å²) in [4.78, 5) is 10.9. The maximum atomic E-state index is 13.9. The van der Waals surface area contributed by atoms with Crippen molar-refractivity contribution in [3.05, 3.63) is 101 Å². The fraction of sp³-hybridized carbons (Fsp3) is 0.0435. The van der Waals surface area contributed by atoms with E-state index in [0.29, 0.717) is 12.4 Å². The van der Waals surface area contributed by atoms with Crippen LogP contribution in [0.4, 0.5) is 4.39 Å². The van der Waals surface area contributed by atoms with E-state index in [-0.39, 0.29) is 16.7 Å². The van der Waals surface area contributed by atoms with Crippen molar-refractivity contribution in [2.45, 2.75) is 6.61 Å². The number of carboxylic acid groups (broad SMARTS) is 1. The third-order valence-corrected chi connectivity index (χ3v) is 4.08. The predicted molar refractivity (Wildman–Crippen MR) is 104 cm³/mol. The molecule has 4 nitrogen and oxygen atoms in total. The number of benzene rings is 3. The van der Waals surface area contributed by atoms with Gasteiger partial charge in [-0.15, -0.1) is 0 Å². The Morgan fingerprint density at radius 2 is 1.71 bits per heavy atom. The molecule has 0 atom stereocenters. The van der Waals surface area contributed by atoms with Crippen LogP contribution in [0.3, 0.4) is 0 Å². The summed E-state index contributed by atoms with van der Waals surface area (Å²) in [6.45, 7) is 0.299. The first-order valence-corrected chi connectivity index (χ1v) is 8.48. The predicted octanol–water partition coefficient (Wildman–Crippen LogP) is 5.17. The molecule has 0 unspecified atom stereocenters. The third kappa shape index (κ3) is 4.63. The molecule has 1 N–H and O–H groups in total. The van der Waals surface area contributed by atoms with Crippen molar-refractivity contribution in [2.24, 2.45) is 0 Å². The Labute approximate surface area is 161 Å². The summed E-state index contributed by atoms with van der Waals surface area (Å²) in [5.41, 5.74) is 2.32. The Morgan fingerprint density at radius 1 is 1.04 bits per heavy atom. The van der Waals surface area contributed by atoms with E-state index in [0.717, 1.165) is 11.1 Å². The number of aromatic carboxylic acids is 1. The largest absolute Gasteiger partial charge is 0.489 e. The first-order valence-electron chi connectivity index (χ1n) is 8.48. The van der Waals surface area contributed by atoms with Gasteiger partial charge >= 0.3 is 5.97 Å². The number of hydrogen-bond acceptors (Lipinski definition) is 3. The van der Waals surface area contributed by atoms with Crippen LogP contribution in [0.15, 0.2) is 72.8 Å². The van der Waals surface area contributed by atoms with Crippen molar-refractivity contribution < 1.29 is 19.0 Å². The number of ether oxygens (including phenoxy) is 1. The third-order valence-electron chi connectivity index (χ3n) is 4.08. The average molecular weight is 373 g/mol. The molecule has 5 heteroatoms. The number of carboxylic acids is 1. The van der Waals surface area contributed by atoms with E-state index in [9.17, 15) is 14.4 Å². The van der Waals surface area contributed by atoms with Gasteiger partial charge in [0.15, 0.2) is 0 Å². The van der Waals surface area contributed by atoms with Crippen LogP contribution < -0.4 is 4.74 Å². The van der Waals surface area contributed by atoms with Crippen molar-refractivity contribution in [2.75, 3.05) is 0 Å². The maximum Gasteiger partial charge on any atom is 0.335 e. The smallest absolute Gasteiger partial charge is 0.335 e. The molecule has 0 aliphatic carbocycles. The second-order valence-corrected chi connectivity index (χ2v) is 6.01. The molecule has 0 bridgehead atoms. The van der Waals surface area contributed by atoms with E-state index < -0.39 is 11.8 Å². The second-order valence-electron chi connectivity index (χ2n) is 6.01. The summed E-state index contributed by atoms with van der Waals surface area (Å²) in [7, 11) is 0. The normalized spacial score (nSPS) is 10.9. The van der Waals surface area contributed by atoms with Crippen LogP contribution in [-0.4, -0.2) is 11.1 Å². The molecule has 28 heavy (non-hydrogen) atoms. The van der Waals surface area contributed by atoms with Gasteiger partial charge in [-0.1, -0.05) is 42.5 Å². The summed E-state index contributed by atoms with van der Waals surface area (Å²) >= 11 is 0. The minimum Gasteiger partial charge on any atom is -0.489 e. The zero-order valence-corrected chi connectivity index (χ0v) is 14.8. The van der Waals surface area contributed by atoms with Gasteiger partial charge in [0.05, 0.1) is 17.2 Å². The molecule has 0 spiro atoms. The van der Waals surface area contributed by atoms with Crippen LogP contribution in [0.25, 0.3) is 11.6 Å². The van der Waals surface area contributed by atoms with Crippen LogP contribution >= 0.6 is 0 Å². The van der Waals surface area contributed by atoms with Gasteiger partial charge in [-0.05, 0) is 47.5 Å². The van der Waals surface area contributed by atoms with Crippen molar-refractivity contribution in [3.63, 3.8) is 0 Å². The number of allylic oxidation sites excluding steroid dienone is 1. The molecule has 0 aliphatic heterocycles. The number of rotatable bonds is 6. The van der Waals surface area contributed by atoms with E-state index in [1.165, 1.54) is 18.2 Å². The van der Waals surface area contributed by atoms with E-state index in [1.54, 1.807) is 60.7 Å². The fourth-order valence-corrected chi connectivity index (χ4v) is 2.59. The van der Waals surface area contributed by atoms with Crippen molar-refractivity contribution in [3.8, 4) is 11.8 Å². The second kappa shape index (κ2) is 8.65. The zero-order valence-electron chi connectivity index (χ0n) is 14.8. The monoisotopic (exact) mass is 373 g/mol. The molecule has 0 radical (unpaired) electrons. The number of hydrogen-bond donors (Lipinski definition) is 1. The van der Waals surface area contributed by atoms with Crippen molar-refractivity contribution in [1.29, 1.82) is 5.26 Å². The number of carbonyl (C=O) groups is 1. The Balaban J connectivity index is 1.68. The SMILES string of the molecule is N#CC(=Cc1ccc(OCc2ccc(C(=O)O)cc2)cc1)c1ccccc1F. The molecule has 138 valence electrons. The van der Waals surface area contributed by atoms with Gasteiger partial charge < -0.3 is 9.84 Å². The van der Waals surface area contributed by atoms with Gasteiger partial charge in [-0.2, -0.15) is 5.26 Å². The van der Waals surface area contributed by atoms with Crippen LogP contribution in [0.1, 0.15) is 27.0 Å². The summed E-state index contributed by atoms with van der Waals surface area (Å²) in [6, 6.07) is 21.7. The van der Waals surface area contributed by atoms with Gasteiger partial charge in [-0.3, -0.25) is 0 Å². The van der Waals surface area contributed by atoms with E-state index >= 15 is 0 Å². The van der Waals surface area contributed by atoms with E-state index in [1.807, 2.05) is 6.07 Å². The molecule has 0 aliphatic rings. The van der Waals surface area contributed by atoms with Gasteiger partial charge in [0.2, 0.25) is 0 Å². The lowest BCUT2D eigenvalue weighted by Gasteiger charge is -2.07. The van der Waals surface area contributed by atoms with Crippen molar-refractivity contribution in [1.82, 2.24) is 0 Å². The molecule has 3 aromatic rings. The zero-order chi connectivity index (χ0) is 19.9. The van der Waals surface area contributed by atoms with Crippen LogP contribution in [0.2, 0.25) is 0 Å². The molecule has 0 aromatic heterocycles. The van der Waals surface area contributed by atoms with E-state index in [4.69, 9.17) is 9.84 Å². The molecule has 3 aromatic carbocycles. The Hall–Kier alpha value is -3.91. The van der Waals surface area contributed by atoms with Gasteiger partial charge in [0.25, 0.3) is 0 Å². The first kappa shape index (κ1) is 18.9. The quantitative estimate of drug-likeness (QED) is 0.478. The van der Waals surface area contributed by atoms with Gasteiger partial charge in [0, 0.05) is 5.56 Å². The molecule has 0 saturated heterocycles. The molecular formula is C23H16FNO3. The minimum atomic E-state index is -0.969. The summed E-state index contributed by atoms with van der Waals surface area (Å²) in [6.07, 6.45) is 1.62. The summed E-state index contributed by atoms with van der Waals surface area (Å²) in [5, 5.41) is 18.2. The maximum absolute atomic E-state index is 13.9. The van der Waals surface area contributed by atoms with Gasteiger partial charge in [-0.25, -0.2) is 9.18 Å². The van der Waals surface area contributed by atoms with E-state index in [2.05, 4.69) is 0 Å².